The Hall–Kier alpha value is -2.00. The summed E-state index contributed by atoms with van der Waals surface area (Å²) in [6.07, 6.45) is 4.00. The molecule has 0 amide bonds. The van der Waals surface area contributed by atoms with E-state index < -0.39 is 0 Å². The molecule has 0 aromatic heterocycles. The zero-order valence-electron chi connectivity index (χ0n) is 14.6. The maximum Gasteiger partial charge on any atom is 0.119 e. The van der Waals surface area contributed by atoms with Crippen LogP contribution in [0.4, 0.5) is 0 Å². The van der Waals surface area contributed by atoms with Crippen LogP contribution < -0.4 is 9.47 Å². The van der Waals surface area contributed by atoms with Gasteiger partial charge in [-0.25, -0.2) is 0 Å². The fraction of sp³-hybridized carbons (Fsp3) is 0.429. The zero-order valence-corrected chi connectivity index (χ0v) is 14.6. The Balaban J connectivity index is 1.69. The molecule has 2 aliphatic rings. The SMILES string of the molecule is COc1cccc(C[C@]23CC[C@](C)(O2)c2ccc(OC)cc2C3)c1. The summed E-state index contributed by atoms with van der Waals surface area (Å²) >= 11 is 0. The lowest BCUT2D eigenvalue weighted by Gasteiger charge is -2.40. The standard InChI is InChI=1S/C21H24O3/c1-20-9-10-21(24-20,13-15-5-4-6-17(11-15)22-2)14-16-12-18(23-3)7-8-19(16)20/h4-8,11-12H,9-10,13-14H2,1-3H3/t20-,21-/m0/s1. The number of fused-ring (bicyclic) bond motifs is 4. The van der Waals surface area contributed by atoms with Gasteiger partial charge in [0.1, 0.15) is 11.5 Å². The topological polar surface area (TPSA) is 27.7 Å². The van der Waals surface area contributed by atoms with Crippen LogP contribution in [0, 0.1) is 0 Å². The Morgan fingerprint density at radius 3 is 2.58 bits per heavy atom. The van der Waals surface area contributed by atoms with Crippen LogP contribution in [0.25, 0.3) is 0 Å². The van der Waals surface area contributed by atoms with Crippen molar-refractivity contribution in [3.8, 4) is 11.5 Å². The second-order valence-electron chi connectivity index (χ2n) is 7.24. The molecule has 3 nitrogen and oxygen atoms in total. The van der Waals surface area contributed by atoms with E-state index in [2.05, 4.69) is 37.3 Å². The second kappa shape index (κ2) is 5.52. The molecule has 0 aliphatic carbocycles. The largest absolute Gasteiger partial charge is 0.497 e. The van der Waals surface area contributed by atoms with Crippen molar-refractivity contribution in [2.24, 2.45) is 0 Å². The van der Waals surface area contributed by atoms with E-state index in [4.69, 9.17) is 14.2 Å². The Morgan fingerprint density at radius 1 is 1.00 bits per heavy atom. The van der Waals surface area contributed by atoms with Crippen molar-refractivity contribution in [1.82, 2.24) is 0 Å². The van der Waals surface area contributed by atoms with Crippen molar-refractivity contribution >= 4 is 0 Å². The van der Waals surface area contributed by atoms with Gasteiger partial charge in [-0.2, -0.15) is 0 Å². The first-order valence-corrected chi connectivity index (χ1v) is 8.56. The Morgan fingerprint density at radius 2 is 1.79 bits per heavy atom. The predicted octanol–water partition coefficient (Wildman–Crippen LogP) is 4.27. The molecule has 1 saturated heterocycles. The van der Waals surface area contributed by atoms with Crippen molar-refractivity contribution in [3.63, 3.8) is 0 Å². The van der Waals surface area contributed by atoms with Gasteiger partial charge in [0.05, 0.1) is 25.4 Å². The molecule has 126 valence electrons. The lowest BCUT2D eigenvalue weighted by atomic mass is 9.83. The lowest BCUT2D eigenvalue weighted by molar-refractivity contribution is -0.110. The third kappa shape index (κ3) is 2.48. The summed E-state index contributed by atoms with van der Waals surface area (Å²) in [6, 6.07) is 14.7. The van der Waals surface area contributed by atoms with Gasteiger partial charge in [0.25, 0.3) is 0 Å². The lowest BCUT2D eigenvalue weighted by Crippen LogP contribution is -2.41. The molecule has 2 aromatic carbocycles. The minimum Gasteiger partial charge on any atom is -0.497 e. The monoisotopic (exact) mass is 324 g/mol. The van der Waals surface area contributed by atoms with Gasteiger partial charge in [0.15, 0.2) is 0 Å². The van der Waals surface area contributed by atoms with Gasteiger partial charge < -0.3 is 14.2 Å². The highest BCUT2D eigenvalue weighted by atomic mass is 16.5. The highest BCUT2D eigenvalue weighted by Crippen LogP contribution is 2.53. The van der Waals surface area contributed by atoms with Crippen LogP contribution in [0.2, 0.25) is 0 Å². The maximum atomic E-state index is 6.67. The van der Waals surface area contributed by atoms with E-state index in [1.165, 1.54) is 16.7 Å². The molecule has 2 heterocycles. The van der Waals surface area contributed by atoms with Crippen LogP contribution in [0.15, 0.2) is 42.5 Å². The van der Waals surface area contributed by atoms with Crippen molar-refractivity contribution in [2.75, 3.05) is 14.2 Å². The average Bonchev–Trinajstić information content (AvgIpc) is 2.86. The molecule has 4 rings (SSSR count). The average molecular weight is 324 g/mol. The molecular formula is C21H24O3. The minimum absolute atomic E-state index is 0.125. The van der Waals surface area contributed by atoms with Crippen LogP contribution in [-0.4, -0.2) is 19.8 Å². The first-order chi connectivity index (χ1) is 11.6. The predicted molar refractivity (Wildman–Crippen MR) is 93.8 cm³/mol. The molecule has 3 heteroatoms. The number of benzene rings is 2. The van der Waals surface area contributed by atoms with E-state index in [0.29, 0.717) is 0 Å². The minimum atomic E-state index is -0.182. The van der Waals surface area contributed by atoms with Crippen molar-refractivity contribution in [2.45, 2.75) is 43.8 Å². The molecule has 24 heavy (non-hydrogen) atoms. The first kappa shape index (κ1) is 15.5. The zero-order chi connectivity index (χ0) is 16.8. The summed E-state index contributed by atoms with van der Waals surface area (Å²) in [7, 11) is 3.44. The van der Waals surface area contributed by atoms with Crippen molar-refractivity contribution < 1.29 is 14.2 Å². The van der Waals surface area contributed by atoms with E-state index >= 15 is 0 Å². The molecule has 2 aliphatic heterocycles. The van der Waals surface area contributed by atoms with E-state index in [-0.39, 0.29) is 11.2 Å². The summed E-state index contributed by atoms with van der Waals surface area (Å²) in [6.45, 7) is 2.23. The molecule has 0 unspecified atom stereocenters. The first-order valence-electron chi connectivity index (χ1n) is 8.56. The number of hydrogen-bond acceptors (Lipinski definition) is 3. The molecule has 1 fully saturated rings. The summed E-state index contributed by atoms with van der Waals surface area (Å²) in [5.41, 5.74) is 3.65. The van der Waals surface area contributed by atoms with E-state index in [9.17, 15) is 0 Å². The Kier molecular flexibility index (Phi) is 3.57. The van der Waals surface area contributed by atoms with Gasteiger partial charge in [-0.05, 0) is 60.7 Å². The fourth-order valence-corrected chi connectivity index (χ4v) is 4.41. The number of hydrogen-bond donors (Lipinski definition) is 0. The van der Waals surface area contributed by atoms with Gasteiger partial charge in [-0.3, -0.25) is 0 Å². The third-order valence-corrected chi connectivity index (χ3v) is 5.55. The van der Waals surface area contributed by atoms with E-state index in [1.807, 2.05) is 12.1 Å². The highest BCUT2D eigenvalue weighted by molar-refractivity contribution is 5.43. The van der Waals surface area contributed by atoms with Gasteiger partial charge in [0, 0.05) is 12.8 Å². The van der Waals surface area contributed by atoms with Crippen LogP contribution in [-0.2, 0) is 23.2 Å². The summed E-state index contributed by atoms with van der Waals surface area (Å²) in [4.78, 5) is 0. The van der Waals surface area contributed by atoms with Gasteiger partial charge in [-0.1, -0.05) is 18.2 Å². The van der Waals surface area contributed by atoms with Crippen LogP contribution in [0.5, 0.6) is 11.5 Å². The summed E-state index contributed by atoms with van der Waals surface area (Å²) in [5, 5.41) is 0. The fourth-order valence-electron chi connectivity index (χ4n) is 4.41. The van der Waals surface area contributed by atoms with Gasteiger partial charge in [-0.15, -0.1) is 0 Å². The smallest absolute Gasteiger partial charge is 0.119 e. The van der Waals surface area contributed by atoms with E-state index in [1.54, 1.807) is 14.2 Å². The number of methoxy groups -OCH3 is 2. The van der Waals surface area contributed by atoms with E-state index in [0.717, 1.165) is 37.2 Å². The van der Waals surface area contributed by atoms with Crippen LogP contribution in [0.1, 0.15) is 36.5 Å². The summed E-state index contributed by atoms with van der Waals surface area (Å²) < 4.78 is 17.5. The second-order valence-corrected chi connectivity index (χ2v) is 7.24. The molecule has 0 radical (unpaired) electrons. The Bertz CT molecular complexity index is 769. The molecule has 2 bridgehead atoms. The van der Waals surface area contributed by atoms with Gasteiger partial charge in [0.2, 0.25) is 0 Å². The van der Waals surface area contributed by atoms with Crippen LogP contribution >= 0.6 is 0 Å². The molecule has 0 N–H and O–H groups in total. The van der Waals surface area contributed by atoms with Gasteiger partial charge >= 0.3 is 0 Å². The third-order valence-electron chi connectivity index (χ3n) is 5.55. The maximum absolute atomic E-state index is 6.67. The van der Waals surface area contributed by atoms with Crippen molar-refractivity contribution in [1.29, 1.82) is 0 Å². The number of rotatable bonds is 4. The molecule has 2 aromatic rings. The molecular weight excluding hydrogens is 300 g/mol. The summed E-state index contributed by atoms with van der Waals surface area (Å²) in [5.74, 6) is 1.83. The Labute approximate surface area is 143 Å². The highest BCUT2D eigenvalue weighted by Gasteiger charge is 2.52. The molecule has 0 spiro atoms. The normalized spacial score (nSPS) is 27.6. The van der Waals surface area contributed by atoms with Crippen LogP contribution in [0.3, 0.4) is 0 Å². The molecule has 0 saturated carbocycles. The molecule has 2 atom stereocenters. The number of ether oxygens (including phenoxy) is 3. The quantitative estimate of drug-likeness (QED) is 0.841. The van der Waals surface area contributed by atoms with Crippen molar-refractivity contribution in [3.05, 3.63) is 59.2 Å².